The van der Waals surface area contributed by atoms with Crippen LogP contribution in [-0.2, 0) is 0 Å². The summed E-state index contributed by atoms with van der Waals surface area (Å²) in [6.07, 6.45) is 0. The van der Waals surface area contributed by atoms with E-state index in [1.807, 2.05) is 45.0 Å². The molecule has 0 saturated carbocycles. The van der Waals surface area contributed by atoms with Crippen LogP contribution in [-0.4, -0.2) is 12.1 Å². The second-order valence-electron chi connectivity index (χ2n) is 4.05. The summed E-state index contributed by atoms with van der Waals surface area (Å²) in [6, 6.07) is 7.38. The molecular weight excluding hydrogens is 224 g/mol. The fraction of sp³-hybridized carbons (Fsp3) is 0.417. The maximum Gasteiger partial charge on any atom is 0.315 e. The number of urea groups is 1. The lowest BCUT2D eigenvalue weighted by atomic mass is 10.1. The van der Waals surface area contributed by atoms with Gasteiger partial charge in [-0.3, -0.25) is 0 Å². The van der Waals surface area contributed by atoms with Crippen LogP contribution in [0.25, 0.3) is 0 Å². The third-order valence-corrected chi connectivity index (χ3v) is 2.35. The van der Waals surface area contributed by atoms with E-state index in [1.165, 1.54) is 0 Å². The highest BCUT2D eigenvalue weighted by atomic mass is 35.5. The monoisotopic (exact) mass is 240 g/mol. The van der Waals surface area contributed by atoms with Crippen molar-refractivity contribution in [1.82, 2.24) is 10.6 Å². The van der Waals surface area contributed by atoms with Crippen molar-refractivity contribution in [1.29, 1.82) is 0 Å². The number of amides is 2. The molecule has 3 nitrogen and oxygen atoms in total. The molecule has 0 aliphatic heterocycles. The summed E-state index contributed by atoms with van der Waals surface area (Å²) in [5, 5.41) is 6.30. The fourth-order valence-electron chi connectivity index (χ4n) is 1.36. The Morgan fingerprint density at radius 3 is 2.50 bits per heavy atom. The van der Waals surface area contributed by atoms with E-state index < -0.39 is 0 Å². The standard InChI is InChI=1S/C12H17ClN2O/c1-8(2)14-12(16)15-9(3)10-5-4-6-11(13)7-10/h4-9H,1-3H3,(H2,14,15,16)/t9-/m1/s1. The van der Waals surface area contributed by atoms with Crippen LogP contribution in [0, 0.1) is 0 Å². The minimum absolute atomic E-state index is 0.0579. The van der Waals surface area contributed by atoms with Crippen molar-refractivity contribution in [3.05, 3.63) is 34.9 Å². The van der Waals surface area contributed by atoms with Crippen LogP contribution in [0.3, 0.4) is 0 Å². The Balaban J connectivity index is 2.58. The number of rotatable bonds is 3. The molecule has 1 atom stereocenters. The van der Waals surface area contributed by atoms with E-state index in [-0.39, 0.29) is 18.1 Å². The van der Waals surface area contributed by atoms with Crippen LogP contribution >= 0.6 is 11.6 Å². The van der Waals surface area contributed by atoms with Gasteiger partial charge in [0, 0.05) is 11.1 Å². The number of carbonyl (C=O) groups excluding carboxylic acids is 1. The lowest BCUT2D eigenvalue weighted by Gasteiger charge is -2.16. The minimum Gasteiger partial charge on any atom is -0.336 e. The van der Waals surface area contributed by atoms with Crippen LogP contribution < -0.4 is 10.6 Å². The van der Waals surface area contributed by atoms with Gasteiger partial charge in [0.05, 0.1) is 6.04 Å². The van der Waals surface area contributed by atoms with Crippen LogP contribution in [0.15, 0.2) is 24.3 Å². The topological polar surface area (TPSA) is 41.1 Å². The molecule has 2 N–H and O–H groups in total. The van der Waals surface area contributed by atoms with Crippen molar-refractivity contribution in [2.75, 3.05) is 0 Å². The largest absolute Gasteiger partial charge is 0.336 e. The normalized spacial score (nSPS) is 12.3. The zero-order valence-corrected chi connectivity index (χ0v) is 10.5. The van der Waals surface area contributed by atoms with E-state index in [4.69, 9.17) is 11.6 Å². The Morgan fingerprint density at radius 1 is 1.25 bits per heavy atom. The van der Waals surface area contributed by atoms with E-state index in [9.17, 15) is 4.79 Å². The Labute approximate surface area is 101 Å². The van der Waals surface area contributed by atoms with Crippen molar-refractivity contribution in [2.45, 2.75) is 32.9 Å². The van der Waals surface area contributed by atoms with E-state index in [2.05, 4.69) is 10.6 Å². The Bertz CT molecular complexity index is 366. The molecule has 0 radical (unpaired) electrons. The SMILES string of the molecule is CC(C)NC(=O)N[C@H](C)c1cccc(Cl)c1. The molecule has 1 rings (SSSR count). The number of halogens is 1. The molecule has 0 aromatic heterocycles. The van der Waals surface area contributed by atoms with Gasteiger partial charge in [-0.05, 0) is 38.5 Å². The quantitative estimate of drug-likeness (QED) is 0.838. The van der Waals surface area contributed by atoms with E-state index >= 15 is 0 Å². The first kappa shape index (κ1) is 12.8. The van der Waals surface area contributed by atoms with Gasteiger partial charge >= 0.3 is 6.03 Å². The molecule has 0 heterocycles. The van der Waals surface area contributed by atoms with Gasteiger partial charge in [-0.1, -0.05) is 23.7 Å². The van der Waals surface area contributed by atoms with Crippen LogP contribution in [0.5, 0.6) is 0 Å². The lowest BCUT2D eigenvalue weighted by Crippen LogP contribution is -2.40. The maximum atomic E-state index is 11.5. The van der Waals surface area contributed by atoms with Gasteiger partial charge in [-0.25, -0.2) is 4.79 Å². The molecule has 0 spiro atoms. The molecule has 0 aliphatic carbocycles. The molecule has 0 fully saturated rings. The predicted molar refractivity (Wildman–Crippen MR) is 66.7 cm³/mol. The summed E-state index contributed by atoms with van der Waals surface area (Å²) in [7, 11) is 0. The van der Waals surface area contributed by atoms with Gasteiger partial charge in [-0.2, -0.15) is 0 Å². The number of hydrogen-bond donors (Lipinski definition) is 2. The zero-order chi connectivity index (χ0) is 12.1. The molecular formula is C12H17ClN2O. The Hall–Kier alpha value is -1.22. The third-order valence-electron chi connectivity index (χ3n) is 2.12. The smallest absolute Gasteiger partial charge is 0.315 e. The first-order chi connectivity index (χ1) is 7.49. The highest BCUT2D eigenvalue weighted by Crippen LogP contribution is 2.16. The van der Waals surface area contributed by atoms with Crippen molar-refractivity contribution in [3.8, 4) is 0 Å². The molecule has 88 valence electrons. The number of carbonyl (C=O) groups is 1. The zero-order valence-electron chi connectivity index (χ0n) is 9.75. The average molecular weight is 241 g/mol. The highest BCUT2D eigenvalue weighted by Gasteiger charge is 2.09. The first-order valence-electron chi connectivity index (χ1n) is 5.31. The van der Waals surface area contributed by atoms with Gasteiger partial charge in [0.2, 0.25) is 0 Å². The molecule has 16 heavy (non-hydrogen) atoms. The molecule has 4 heteroatoms. The van der Waals surface area contributed by atoms with Crippen molar-refractivity contribution in [3.63, 3.8) is 0 Å². The highest BCUT2D eigenvalue weighted by molar-refractivity contribution is 6.30. The van der Waals surface area contributed by atoms with Crippen LogP contribution in [0.4, 0.5) is 4.79 Å². The van der Waals surface area contributed by atoms with E-state index in [0.717, 1.165) is 5.56 Å². The average Bonchev–Trinajstić information content (AvgIpc) is 2.16. The van der Waals surface area contributed by atoms with Gasteiger partial charge in [0.1, 0.15) is 0 Å². The molecule has 0 unspecified atom stereocenters. The minimum atomic E-state index is -0.164. The van der Waals surface area contributed by atoms with Crippen LogP contribution in [0.1, 0.15) is 32.4 Å². The summed E-state index contributed by atoms with van der Waals surface area (Å²) in [5.74, 6) is 0. The summed E-state index contributed by atoms with van der Waals surface area (Å²) >= 11 is 5.88. The fourth-order valence-corrected chi connectivity index (χ4v) is 1.56. The van der Waals surface area contributed by atoms with Gasteiger partial charge < -0.3 is 10.6 Å². The van der Waals surface area contributed by atoms with Crippen molar-refractivity contribution < 1.29 is 4.79 Å². The van der Waals surface area contributed by atoms with Gasteiger partial charge in [-0.15, -0.1) is 0 Å². The number of nitrogens with one attached hydrogen (secondary N) is 2. The maximum absolute atomic E-state index is 11.5. The van der Waals surface area contributed by atoms with Crippen LogP contribution in [0.2, 0.25) is 5.02 Å². The number of benzene rings is 1. The second-order valence-corrected chi connectivity index (χ2v) is 4.49. The van der Waals surface area contributed by atoms with Crippen molar-refractivity contribution in [2.24, 2.45) is 0 Å². The van der Waals surface area contributed by atoms with Gasteiger partial charge in [0.25, 0.3) is 0 Å². The molecule has 0 saturated heterocycles. The summed E-state index contributed by atoms with van der Waals surface area (Å²) in [5.41, 5.74) is 0.992. The third kappa shape index (κ3) is 4.11. The second kappa shape index (κ2) is 5.75. The lowest BCUT2D eigenvalue weighted by molar-refractivity contribution is 0.235. The van der Waals surface area contributed by atoms with Crippen molar-refractivity contribution >= 4 is 17.6 Å². The molecule has 1 aromatic rings. The number of hydrogen-bond acceptors (Lipinski definition) is 1. The summed E-state index contributed by atoms with van der Waals surface area (Å²) < 4.78 is 0. The first-order valence-corrected chi connectivity index (χ1v) is 5.69. The summed E-state index contributed by atoms with van der Waals surface area (Å²) in [6.45, 7) is 5.76. The van der Waals surface area contributed by atoms with Gasteiger partial charge in [0.15, 0.2) is 0 Å². The molecule has 0 bridgehead atoms. The summed E-state index contributed by atoms with van der Waals surface area (Å²) in [4.78, 5) is 11.5. The Kier molecular flexibility index (Phi) is 4.62. The molecule has 2 amide bonds. The van der Waals surface area contributed by atoms with E-state index in [1.54, 1.807) is 0 Å². The van der Waals surface area contributed by atoms with E-state index in [0.29, 0.717) is 5.02 Å². The Morgan fingerprint density at radius 2 is 1.94 bits per heavy atom. The molecule has 0 aliphatic rings. The molecule has 1 aromatic carbocycles. The predicted octanol–water partition coefficient (Wildman–Crippen LogP) is 3.11.